The molecule has 170 valence electrons. The van der Waals surface area contributed by atoms with Crippen molar-refractivity contribution < 1.29 is 23.5 Å². The Labute approximate surface area is 189 Å². The Morgan fingerprint density at radius 1 is 1.18 bits per heavy atom. The van der Waals surface area contributed by atoms with Crippen molar-refractivity contribution in [2.24, 2.45) is 9.98 Å². The Kier molecular flexibility index (Phi) is 6.43. The second-order valence-electron chi connectivity index (χ2n) is 7.55. The van der Waals surface area contributed by atoms with Gasteiger partial charge in [0.15, 0.2) is 0 Å². The van der Waals surface area contributed by atoms with Gasteiger partial charge in [0.2, 0.25) is 5.91 Å². The number of aliphatic imine (C=N–C) groups is 2. The van der Waals surface area contributed by atoms with E-state index in [2.05, 4.69) is 20.6 Å². The SMILES string of the molecule is CC(=O)NCC1CN(c2ccc(-c3ccc(C(=O)NCC4=NCC=N4)cc3)c(F)c2)C(=O)O1. The standard InChI is InChI=1S/C23H22FN5O4/c1-14(30)27-11-18-13-29(23(32)33-18)17-6-7-19(20(24)10-17)15-2-4-16(5-3-15)22(31)28-12-21-25-8-9-26-21/h2-8,10,18H,9,11-13H2,1H3,(H,27,30)(H,28,31). The second-order valence-corrected chi connectivity index (χ2v) is 7.55. The first-order valence-corrected chi connectivity index (χ1v) is 10.4. The number of halogens is 1. The van der Waals surface area contributed by atoms with Crippen LogP contribution in [0.25, 0.3) is 11.1 Å². The van der Waals surface area contributed by atoms with Crippen LogP contribution in [-0.2, 0) is 9.53 Å². The van der Waals surface area contributed by atoms with Gasteiger partial charge < -0.3 is 15.4 Å². The van der Waals surface area contributed by atoms with Gasteiger partial charge in [-0.3, -0.25) is 19.5 Å². The quantitative estimate of drug-likeness (QED) is 0.672. The molecule has 0 radical (unpaired) electrons. The fourth-order valence-corrected chi connectivity index (χ4v) is 3.50. The topological polar surface area (TPSA) is 112 Å². The molecule has 1 atom stereocenters. The molecule has 9 nitrogen and oxygen atoms in total. The molecule has 2 heterocycles. The molecule has 1 fully saturated rings. The van der Waals surface area contributed by atoms with E-state index in [0.717, 1.165) is 0 Å². The molecule has 33 heavy (non-hydrogen) atoms. The molecule has 0 bridgehead atoms. The first-order valence-electron chi connectivity index (χ1n) is 10.4. The first kappa shape index (κ1) is 22.1. The zero-order valence-corrected chi connectivity index (χ0v) is 17.9. The number of hydrogen-bond acceptors (Lipinski definition) is 6. The van der Waals surface area contributed by atoms with Crippen molar-refractivity contribution in [3.8, 4) is 11.1 Å². The molecule has 0 aromatic heterocycles. The van der Waals surface area contributed by atoms with Gasteiger partial charge in [-0.05, 0) is 35.9 Å². The molecule has 4 rings (SSSR count). The third kappa shape index (κ3) is 5.22. The molecule has 2 N–H and O–H groups in total. The largest absolute Gasteiger partial charge is 0.442 e. The maximum atomic E-state index is 14.9. The Balaban J connectivity index is 1.41. The van der Waals surface area contributed by atoms with Gasteiger partial charge in [-0.25, -0.2) is 14.2 Å². The molecule has 1 saturated heterocycles. The highest BCUT2D eigenvalue weighted by Gasteiger charge is 2.32. The first-order chi connectivity index (χ1) is 15.9. The smallest absolute Gasteiger partial charge is 0.414 e. The third-order valence-electron chi connectivity index (χ3n) is 5.18. The number of cyclic esters (lactones) is 1. The van der Waals surface area contributed by atoms with Gasteiger partial charge in [-0.1, -0.05) is 12.1 Å². The molecule has 2 aliphatic heterocycles. The van der Waals surface area contributed by atoms with E-state index in [1.807, 2.05) is 0 Å². The zero-order chi connectivity index (χ0) is 23.4. The number of carbonyl (C=O) groups excluding carboxylic acids is 3. The molecule has 0 spiro atoms. The van der Waals surface area contributed by atoms with Gasteiger partial charge in [-0.2, -0.15) is 0 Å². The average molecular weight is 451 g/mol. The van der Waals surface area contributed by atoms with Crippen LogP contribution in [0.3, 0.4) is 0 Å². The van der Waals surface area contributed by atoms with Crippen molar-refractivity contribution in [1.82, 2.24) is 10.6 Å². The van der Waals surface area contributed by atoms with Crippen LogP contribution in [0.1, 0.15) is 17.3 Å². The summed E-state index contributed by atoms with van der Waals surface area (Å²) in [6.07, 6.45) is 0.574. The van der Waals surface area contributed by atoms with Crippen molar-refractivity contribution in [2.75, 3.05) is 31.1 Å². The van der Waals surface area contributed by atoms with Crippen LogP contribution in [0.4, 0.5) is 14.9 Å². The molecule has 10 heteroatoms. The minimum absolute atomic E-state index is 0.194. The summed E-state index contributed by atoms with van der Waals surface area (Å²) in [5.41, 5.74) is 1.72. The number of carbonyl (C=O) groups is 3. The molecule has 2 aliphatic rings. The van der Waals surface area contributed by atoms with E-state index in [0.29, 0.717) is 34.8 Å². The fourth-order valence-electron chi connectivity index (χ4n) is 3.50. The number of rotatable bonds is 7. The van der Waals surface area contributed by atoms with E-state index < -0.39 is 18.0 Å². The number of amidine groups is 1. The van der Waals surface area contributed by atoms with Gasteiger partial charge >= 0.3 is 6.09 Å². The third-order valence-corrected chi connectivity index (χ3v) is 5.18. The highest BCUT2D eigenvalue weighted by molar-refractivity contribution is 6.01. The summed E-state index contributed by atoms with van der Waals surface area (Å²) >= 11 is 0. The van der Waals surface area contributed by atoms with Gasteiger partial charge in [0.25, 0.3) is 5.91 Å². The average Bonchev–Trinajstić information content (AvgIpc) is 3.45. The van der Waals surface area contributed by atoms with Crippen LogP contribution in [0, 0.1) is 5.82 Å². The predicted molar refractivity (Wildman–Crippen MR) is 121 cm³/mol. The predicted octanol–water partition coefficient (Wildman–Crippen LogP) is 2.17. The number of anilines is 1. The second kappa shape index (κ2) is 9.60. The van der Waals surface area contributed by atoms with Crippen LogP contribution in [0.2, 0.25) is 0 Å². The number of amides is 3. The molecule has 2 aromatic carbocycles. The number of nitrogens with zero attached hydrogens (tertiary/aromatic N) is 3. The van der Waals surface area contributed by atoms with Crippen LogP contribution in [0.15, 0.2) is 52.4 Å². The van der Waals surface area contributed by atoms with Crippen molar-refractivity contribution in [1.29, 1.82) is 0 Å². The summed E-state index contributed by atoms with van der Waals surface area (Å²) in [4.78, 5) is 45.0. The van der Waals surface area contributed by atoms with E-state index in [1.54, 1.807) is 42.6 Å². The molecule has 2 aromatic rings. The normalized spacial score (nSPS) is 17.0. The van der Waals surface area contributed by atoms with Gasteiger partial charge in [0.05, 0.1) is 31.9 Å². The van der Waals surface area contributed by atoms with Crippen molar-refractivity contribution in [2.45, 2.75) is 13.0 Å². The monoisotopic (exact) mass is 451 g/mol. The van der Waals surface area contributed by atoms with Gasteiger partial charge in [0.1, 0.15) is 17.8 Å². The van der Waals surface area contributed by atoms with Crippen LogP contribution >= 0.6 is 0 Å². The van der Waals surface area contributed by atoms with E-state index in [9.17, 15) is 18.8 Å². The number of hydrogen-bond donors (Lipinski definition) is 2. The molecular weight excluding hydrogens is 429 g/mol. The summed E-state index contributed by atoms with van der Waals surface area (Å²) in [5, 5.41) is 5.34. The van der Waals surface area contributed by atoms with Crippen LogP contribution < -0.4 is 15.5 Å². The lowest BCUT2D eigenvalue weighted by molar-refractivity contribution is -0.119. The Hall–Kier alpha value is -4.08. The van der Waals surface area contributed by atoms with Crippen LogP contribution in [0.5, 0.6) is 0 Å². The summed E-state index contributed by atoms with van der Waals surface area (Å²) < 4.78 is 20.1. The maximum absolute atomic E-state index is 14.9. The Bertz CT molecular complexity index is 1150. The lowest BCUT2D eigenvalue weighted by Crippen LogP contribution is -2.33. The number of ether oxygens (including phenoxy) is 1. The lowest BCUT2D eigenvalue weighted by Gasteiger charge is -2.14. The summed E-state index contributed by atoms with van der Waals surface area (Å²) in [5.74, 6) is -0.435. The highest BCUT2D eigenvalue weighted by Crippen LogP contribution is 2.29. The summed E-state index contributed by atoms with van der Waals surface area (Å²) in [6, 6.07) is 11.0. The summed E-state index contributed by atoms with van der Waals surface area (Å²) in [6.45, 7) is 2.56. The van der Waals surface area contributed by atoms with Crippen LogP contribution in [-0.4, -0.2) is 62.2 Å². The molecule has 3 amide bonds. The lowest BCUT2D eigenvalue weighted by atomic mass is 10.0. The minimum atomic E-state index is -0.595. The Morgan fingerprint density at radius 2 is 1.97 bits per heavy atom. The molecule has 1 unspecified atom stereocenters. The molecule has 0 aliphatic carbocycles. The van der Waals surface area contributed by atoms with E-state index >= 15 is 0 Å². The molecule has 0 saturated carbocycles. The number of nitrogens with one attached hydrogen (secondary N) is 2. The number of benzene rings is 2. The highest BCUT2D eigenvalue weighted by atomic mass is 19.1. The van der Waals surface area contributed by atoms with Gasteiger partial charge in [-0.15, -0.1) is 0 Å². The molecular formula is C23H22FN5O4. The van der Waals surface area contributed by atoms with E-state index in [1.165, 1.54) is 17.9 Å². The van der Waals surface area contributed by atoms with E-state index in [-0.39, 0.29) is 31.4 Å². The van der Waals surface area contributed by atoms with Crippen molar-refractivity contribution in [3.05, 3.63) is 53.8 Å². The van der Waals surface area contributed by atoms with Crippen molar-refractivity contribution >= 4 is 35.6 Å². The fraction of sp³-hybridized carbons (Fsp3) is 0.261. The summed E-state index contributed by atoms with van der Waals surface area (Å²) in [7, 11) is 0. The maximum Gasteiger partial charge on any atom is 0.414 e. The Morgan fingerprint density at radius 3 is 2.64 bits per heavy atom. The minimum Gasteiger partial charge on any atom is -0.442 e. The van der Waals surface area contributed by atoms with Gasteiger partial charge in [0, 0.05) is 24.3 Å². The van der Waals surface area contributed by atoms with Crippen molar-refractivity contribution in [3.63, 3.8) is 0 Å². The zero-order valence-electron chi connectivity index (χ0n) is 17.9. The van der Waals surface area contributed by atoms with E-state index in [4.69, 9.17) is 4.74 Å².